The number of hydrogen-bond acceptors (Lipinski definition) is 3. The average Bonchev–Trinajstić information content (AvgIpc) is 2.33. The third-order valence-electron chi connectivity index (χ3n) is 3.69. The monoisotopic (exact) mass is 234 g/mol. The molecule has 94 valence electrons. The number of nitrogens with zero attached hydrogens (tertiary/aromatic N) is 1. The number of benzene rings is 1. The maximum atomic E-state index is 9.50. The molecule has 1 atom stereocenters. The second-order valence-corrected chi connectivity index (χ2v) is 5.02. The number of hydrogen-bond donors (Lipinski definition) is 2. The van der Waals surface area contributed by atoms with Gasteiger partial charge in [0.25, 0.3) is 0 Å². The van der Waals surface area contributed by atoms with E-state index in [2.05, 4.69) is 17.9 Å². The Kier molecular flexibility index (Phi) is 4.02. The normalized spacial score (nSPS) is 20.4. The van der Waals surface area contributed by atoms with Gasteiger partial charge in [-0.05, 0) is 37.8 Å². The highest BCUT2D eigenvalue weighted by atomic mass is 16.3. The standard InChI is InChI=1S/C14H22N2O/c1-11(16-8-6-13(17)7-9-16)10-12-4-2-3-5-14(12)15/h2-5,11,13,17H,6-10,15H2,1H3. The summed E-state index contributed by atoms with van der Waals surface area (Å²) in [7, 11) is 0. The molecule has 3 nitrogen and oxygen atoms in total. The van der Waals surface area contributed by atoms with Crippen LogP contribution in [0.5, 0.6) is 0 Å². The molecule has 1 aromatic rings. The number of likely N-dealkylation sites (tertiary alicyclic amines) is 1. The lowest BCUT2D eigenvalue weighted by Crippen LogP contribution is -2.42. The zero-order valence-electron chi connectivity index (χ0n) is 10.5. The number of anilines is 1. The summed E-state index contributed by atoms with van der Waals surface area (Å²) in [6.45, 7) is 4.23. The van der Waals surface area contributed by atoms with Crippen LogP contribution in [0.4, 0.5) is 5.69 Å². The van der Waals surface area contributed by atoms with Crippen molar-refractivity contribution in [3.05, 3.63) is 29.8 Å². The summed E-state index contributed by atoms with van der Waals surface area (Å²) < 4.78 is 0. The highest BCUT2D eigenvalue weighted by molar-refractivity contribution is 5.46. The van der Waals surface area contributed by atoms with Gasteiger partial charge in [-0.1, -0.05) is 18.2 Å². The molecule has 0 spiro atoms. The van der Waals surface area contributed by atoms with Crippen molar-refractivity contribution in [3.8, 4) is 0 Å². The Hall–Kier alpha value is -1.06. The lowest BCUT2D eigenvalue weighted by Gasteiger charge is -2.34. The summed E-state index contributed by atoms with van der Waals surface area (Å²) >= 11 is 0. The number of rotatable bonds is 3. The van der Waals surface area contributed by atoms with Gasteiger partial charge in [0.05, 0.1) is 6.10 Å². The van der Waals surface area contributed by atoms with Crippen molar-refractivity contribution < 1.29 is 5.11 Å². The molecular weight excluding hydrogens is 212 g/mol. The number of piperidine rings is 1. The summed E-state index contributed by atoms with van der Waals surface area (Å²) in [5, 5.41) is 9.50. The molecule has 3 heteroatoms. The number of nitrogen functional groups attached to an aromatic ring is 1. The van der Waals surface area contributed by atoms with E-state index in [1.54, 1.807) is 0 Å². The Morgan fingerprint density at radius 1 is 1.35 bits per heavy atom. The summed E-state index contributed by atoms with van der Waals surface area (Å²) in [6.07, 6.45) is 2.69. The van der Waals surface area contributed by atoms with E-state index in [0.717, 1.165) is 38.0 Å². The Morgan fingerprint density at radius 3 is 2.65 bits per heavy atom. The van der Waals surface area contributed by atoms with Gasteiger partial charge in [0.2, 0.25) is 0 Å². The Morgan fingerprint density at radius 2 is 2.00 bits per heavy atom. The molecule has 0 aliphatic carbocycles. The highest BCUT2D eigenvalue weighted by Gasteiger charge is 2.21. The first kappa shape index (κ1) is 12.4. The van der Waals surface area contributed by atoms with Crippen LogP contribution >= 0.6 is 0 Å². The van der Waals surface area contributed by atoms with Crippen LogP contribution in [-0.4, -0.2) is 35.2 Å². The Balaban J connectivity index is 1.93. The molecule has 1 aliphatic rings. The molecule has 3 N–H and O–H groups in total. The van der Waals surface area contributed by atoms with Crippen molar-refractivity contribution in [2.24, 2.45) is 0 Å². The predicted molar refractivity (Wildman–Crippen MR) is 70.8 cm³/mol. The first-order valence-corrected chi connectivity index (χ1v) is 6.42. The van der Waals surface area contributed by atoms with Crippen molar-refractivity contribution in [1.29, 1.82) is 0 Å². The molecule has 0 amide bonds. The Labute approximate surface area is 103 Å². The van der Waals surface area contributed by atoms with Crippen molar-refractivity contribution in [3.63, 3.8) is 0 Å². The lowest BCUT2D eigenvalue weighted by molar-refractivity contribution is 0.0648. The van der Waals surface area contributed by atoms with E-state index in [4.69, 9.17) is 5.73 Å². The molecule has 0 radical (unpaired) electrons. The smallest absolute Gasteiger partial charge is 0.0564 e. The molecule has 0 saturated carbocycles. The molecular formula is C14H22N2O. The van der Waals surface area contributed by atoms with Crippen LogP contribution in [0.2, 0.25) is 0 Å². The van der Waals surface area contributed by atoms with Gasteiger partial charge in [0.15, 0.2) is 0 Å². The first-order chi connectivity index (χ1) is 8.16. The van der Waals surface area contributed by atoms with Crippen LogP contribution in [0.25, 0.3) is 0 Å². The van der Waals surface area contributed by atoms with E-state index in [1.807, 2.05) is 18.2 Å². The topological polar surface area (TPSA) is 49.5 Å². The summed E-state index contributed by atoms with van der Waals surface area (Å²) in [5.74, 6) is 0. The summed E-state index contributed by atoms with van der Waals surface area (Å²) in [6, 6.07) is 8.57. The zero-order chi connectivity index (χ0) is 12.3. The third-order valence-corrected chi connectivity index (χ3v) is 3.69. The molecule has 1 unspecified atom stereocenters. The van der Waals surface area contributed by atoms with E-state index < -0.39 is 0 Å². The van der Waals surface area contributed by atoms with Gasteiger partial charge in [-0.25, -0.2) is 0 Å². The minimum atomic E-state index is -0.0970. The van der Waals surface area contributed by atoms with E-state index in [9.17, 15) is 5.11 Å². The van der Waals surface area contributed by atoms with Gasteiger partial charge in [-0.15, -0.1) is 0 Å². The SMILES string of the molecule is CC(Cc1ccccc1N)N1CCC(O)CC1. The van der Waals surface area contributed by atoms with Crippen LogP contribution in [0, 0.1) is 0 Å². The third kappa shape index (κ3) is 3.20. The largest absolute Gasteiger partial charge is 0.399 e. The van der Waals surface area contributed by atoms with Crippen LogP contribution < -0.4 is 5.73 Å². The van der Waals surface area contributed by atoms with Gasteiger partial charge in [-0.2, -0.15) is 0 Å². The van der Waals surface area contributed by atoms with Gasteiger partial charge in [0.1, 0.15) is 0 Å². The number of aliphatic hydroxyl groups excluding tert-OH is 1. The van der Waals surface area contributed by atoms with E-state index in [0.29, 0.717) is 6.04 Å². The van der Waals surface area contributed by atoms with Gasteiger partial charge in [-0.3, -0.25) is 0 Å². The van der Waals surface area contributed by atoms with Crippen LogP contribution in [0.1, 0.15) is 25.3 Å². The van der Waals surface area contributed by atoms with Crippen molar-refractivity contribution in [1.82, 2.24) is 4.90 Å². The van der Waals surface area contributed by atoms with Gasteiger partial charge in [0, 0.05) is 24.8 Å². The van der Waals surface area contributed by atoms with Gasteiger partial charge >= 0.3 is 0 Å². The van der Waals surface area contributed by atoms with Crippen LogP contribution in [-0.2, 0) is 6.42 Å². The van der Waals surface area contributed by atoms with Crippen molar-refractivity contribution in [2.45, 2.75) is 38.3 Å². The lowest BCUT2D eigenvalue weighted by atomic mass is 10.0. The fourth-order valence-corrected chi connectivity index (χ4v) is 2.49. The van der Waals surface area contributed by atoms with E-state index in [-0.39, 0.29) is 6.10 Å². The number of aliphatic hydroxyl groups is 1. The second kappa shape index (κ2) is 5.52. The Bertz CT molecular complexity index is 359. The maximum absolute atomic E-state index is 9.50. The average molecular weight is 234 g/mol. The van der Waals surface area contributed by atoms with E-state index >= 15 is 0 Å². The summed E-state index contributed by atoms with van der Waals surface area (Å²) in [5.41, 5.74) is 8.08. The molecule has 17 heavy (non-hydrogen) atoms. The van der Waals surface area contributed by atoms with Crippen molar-refractivity contribution in [2.75, 3.05) is 18.8 Å². The van der Waals surface area contributed by atoms with Gasteiger partial charge < -0.3 is 15.7 Å². The molecule has 1 fully saturated rings. The van der Waals surface area contributed by atoms with E-state index in [1.165, 1.54) is 5.56 Å². The van der Waals surface area contributed by atoms with Crippen LogP contribution in [0.15, 0.2) is 24.3 Å². The molecule has 1 aromatic carbocycles. The molecule has 2 rings (SSSR count). The zero-order valence-corrected chi connectivity index (χ0v) is 10.5. The highest BCUT2D eigenvalue weighted by Crippen LogP contribution is 2.18. The number of nitrogens with two attached hydrogens (primary N) is 1. The molecule has 1 aliphatic heterocycles. The quantitative estimate of drug-likeness (QED) is 0.782. The predicted octanol–water partition coefficient (Wildman–Crippen LogP) is 1.66. The molecule has 1 heterocycles. The van der Waals surface area contributed by atoms with Crippen molar-refractivity contribution >= 4 is 5.69 Å². The van der Waals surface area contributed by atoms with Crippen LogP contribution in [0.3, 0.4) is 0 Å². The fraction of sp³-hybridized carbons (Fsp3) is 0.571. The number of para-hydroxylation sites is 1. The first-order valence-electron chi connectivity index (χ1n) is 6.42. The summed E-state index contributed by atoms with van der Waals surface area (Å²) in [4.78, 5) is 2.44. The minimum Gasteiger partial charge on any atom is -0.399 e. The fourth-order valence-electron chi connectivity index (χ4n) is 2.49. The maximum Gasteiger partial charge on any atom is 0.0564 e. The minimum absolute atomic E-state index is 0.0970. The second-order valence-electron chi connectivity index (χ2n) is 5.02. The molecule has 1 saturated heterocycles. The molecule has 0 bridgehead atoms. The molecule has 0 aromatic heterocycles.